The van der Waals surface area contributed by atoms with Crippen LogP contribution >= 0.6 is 23.2 Å². The molecule has 0 atom stereocenters. The Morgan fingerprint density at radius 1 is 1.23 bits per heavy atom. The van der Waals surface area contributed by atoms with Crippen LogP contribution in [0.5, 0.6) is 5.75 Å². The molecule has 3 rings (SSSR count). The number of aromatic nitrogens is 2. The minimum absolute atomic E-state index is 0.138. The first-order chi connectivity index (χ1) is 12.5. The average molecular weight is 392 g/mol. The molecule has 0 radical (unpaired) electrons. The van der Waals surface area contributed by atoms with Crippen molar-refractivity contribution in [3.05, 3.63) is 57.8 Å². The van der Waals surface area contributed by atoms with Gasteiger partial charge in [-0.25, -0.2) is 4.98 Å². The summed E-state index contributed by atoms with van der Waals surface area (Å²) < 4.78 is 5.11. The van der Waals surface area contributed by atoms with Crippen LogP contribution in [-0.4, -0.2) is 41.5 Å². The highest BCUT2D eigenvalue weighted by molar-refractivity contribution is 6.37. The second-order valence-electron chi connectivity index (χ2n) is 6.00. The van der Waals surface area contributed by atoms with E-state index in [1.54, 1.807) is 24.1 Å². The van der Waals surface area contributed by atoms with Gasteiger partial charge in [0.05, 0.1) is 28.2 Å². The van der Waals surface area contributed by atoms with E-state index in [1.165, 1.54) is 7.11 Å². The molecule has 7 heteroatoms. The van der Waals surface area contributed by atoms with Crippen LogP contribution in [0.25, 0.3) is 11.0 Å². The Hall–Kier alpha value is -2.24. The number of H-pyrrole nitrogens is 1. The molecule has 1 heterocycles. The van der Waals surface area contributed by atoms with Gasteiger partial charge in [0.2, 0.25) is 0 Å². The van der Waals surface area contributed by atoms with Crippen LogP contribution in [0.3, 0.4) is 0 Å². The number of carbonyl (C=O) groups excluding carboxylic acids is 1. The molecule has 0 aliphatic carbocycles. The van der Waals surface area contributed by atoms with Gasteiger partial charge in [-0.15, -0.1) is 0 Å². The summed E-state index contributed by atoms with van der Waals surface area (Å²) >= 11 is 12.2. The summed E-state index contributed by atoms with van der Waals surface area (Å²) in [5.74, 6) is 1.15. The normalized spacial score (nSPS) is 10.9. The number of methoxy groups -OCH3 is 1. The molecule has 0 bridgehead atoms. The molecule has 2 aromatic carbocycles. The molecule has 0 saturated carbocycles. The number of rotatable bonds is 6. The number of aryl methyl sites for hydroxylation is 1. The van der Waals surface area contributed by atoms with Gasteiger partial charge in [-0.3, -0.25) is 4.79 Å². The first-order valence-electron chi connectivity index (χ1n) is 8.21. The molecular weight excluding hydrogens is 373 g/mol. The molecule has 3 aromatic rings. The number of halogens is 2. The van der Waals surface area contributed by atoms with Crippen LogP contribution < -0.4 is 4.74 Å². The number of hydrogen-bond acceptors (Lipinski definition) is 3. The van der Waals surface area contributed by atoms with E-state index in [0.717, 1.165) is 29.7 Å². The molecule has 0 fully saturated rings. The summed E-state index contributed by atoms with van der Waals surface area (Å²) in [5.41, 5.74) is 2.41. The number of imidazole rings is 1. The van der Waals surface area contributed by atoms with E-state index in [-0.39, 0.29) is 5.91 Å². The van der Waals surface area contributed by atoms with Gasteiger partial charge in [0.25, 0.3) is 5.91 Å². The Balaban J connectivity index is 1.60. The first-order valence-corrected chi connectivity index (χ1v) is 8.97. The van der Waals surface area contributed by atoms with Gasteiger partial charge in [-0.2, -0.15) is 0 Å². The predicted molar refractivity (Wildman–Crippen MR) is 104 cm³/mol. The lowest BCUT2D eigenvalue weighted by Crippen LogP contribution is -2.28. The summed E-state index contributed by atoms with van der Waals surface area (Å²) in [6, 6.07) is 11.1. The highest BCUT2D eigenvalue weighted by Gasteiger charge is 2.16. The zero-order valence-corrected chi connectivity index (χ0v) is 16.1. The van der Waals surface area contributed by atoms with Crippen molar-refractivity contribution in [3.63, 3.8) is 0 Å². The number of hydrogen-bond donors (Lipinski definition) is 1. The maximum Gasteiger partial charge on any atom is 0.253 e. The van der Waals surface area contributed by atoms with Crippen molar-refractivity contribution in [1.29, 1.82) is 0 Å². The van der Waals surface area contributed by atoms with Gasteiger partial charge in [0.15, 0.2) is 5.75 Å². The quantitative estimate of drug-likeness (QED) is 0.668. The number of para-hydroxylation sites is 2. The zero-order chi connectivity index (χ0) is 18.7. The minimum Gasteiger partial charge on any atom is -0.494 e. The number of ether oxygens (including phenoxy) is 1. The Labute approximate surface area is 161 Å². The number of fused-ring (bicyclic) bond motifs is 1. The summed E-state index contributed by atoms with van der Waals surface area (Å²) in [6.45, 7) is 0.594. The predicted octanol–water partition coefficient (Wildman–Crippen LogP) is 4.58. The molecule has 0 aliphatic heterocycles. The van der Waals surface area contributed by atoms with Crippen LogP contribution in [0, 0.1) is 0 Å². The average Bonchev–Trinajstić information content (AvgIpc) is 3.03. The molecule has 136 valence electrons. The van der Waals surface area contributed by atoms with Gasteiger partial charge >= 0.3 is 0 Å². The second-order valence-corrected chi connectivity index (χ2v) is 6.82. The fourth-order valence-electron chi connectivity index (χ4n) is 2.81. The van der Waals surface area contributed by atoms with Crippen LogP contribution in [0.4, 0.5) is 0 Å². The number of amides is 1. The largest absolute Gasteiger partial charge is 0.494 e. The number of aromatic amines is 1. The Morgan fingerprint density at radius 3 is 2.58 bits per heavy atom. The van der Waals surface area contributed by atoms with Crippen molar-refractivity contribution in [1.82, 2.24) is 14.9 Å². The van der Waals surface area contributed by atoms with E-state index >= 15 is 0 Å². The lowest BCUT2D eigenvalue weighted by atomic mass is 10.2. The third-order valence-electron chi connectivity index (χ3n) is 4.14. The van der Waals surface area contributed by atoms with Gasteiger partial charge in [0, 0.05) is 25.6 Å². The maximum atomic E-state index is 12.6. The molecular formula is C19H19Cl2N3O2. The highest BCUT2D eigenvalue weighted by Crippen LogP contribution is 2.34. The SMILES string of the molecule is COc1c(Cl)cc(C(=O)N(C)CCCc2nc3ccccc3[nH]2)cc1Cl. The smallest absolute Gasteiger partial charge is 0.253 e. The molecule has 1 N–H and O–H groups in total. The van der Waals surface area contributed by atoms with Crippen molar-refractivity contribution in [2.24, 2.45) is 0 Å². The molecule has 5 nitrogen and oxygen atoms in total. The number of carbonyl (C=O) groups is 1. The monoisotopic (exact) mass is 391 g/mol. The third kappa shape index (κ3) is 3.94. The Morgan fingerprint density at radius 2 is 1.92 bits per heavy atom. The molecule has 1 aromatic heterocycles. The van der Waals surface area contributed by atoms with Crippen LogP contribution in [0.15, 0.2) is 36.4 Å². The van der Waals surface area contributed by atoms with Crippen LogP contribution in [-0.2, 0) is 6.42 Å². The van der Waals surface area contributed by atoms with Crippen LogP contribution in [0.2, 0.25) is 10.0 Å². The standard InChI is InChI=1S/C19H19Cl2N3O2/c1-24(19(25)12-10-13(20)18(26-2)14(21)11-12)9-5-8-17-22-15-6-3-4-7-16(15)23-17/h3-4,6-7,10-11H,5,8-9H2,1-2H3,(H,22,23). The molecule has 0 saturated heterocycles. The van der Waals surface area contributed by atoms with E-state index in [0.29, 0.717) is 27.9 Å². The summed E-state index contributed by atoms with van der Waals surface area (Å²) in [7, 11) is 3.24. The lowest BCUT2D eigenvalue weighted by Gasteiger charge is -2.18. The van der Waals surface area contributed by atoms with E-state index in [2.05, 4.69) is 9.97 Å². The van der Waals surface area contributed by atoms with Crippen molar-refractivity contribution >= 4 is 40.1 Å². The maximum absolute atomic E-state index is 12.6. The minimum atomic E-state index is -0.138. The highest BCUT2D eigenvalue weighted by atomic mass is 35.5. The van der Waals surface area contributed by atoms with Crippen molar-refractivity contribution in [2.75, 3.05) is 20.7 Å². The summed E-state index contributed by atoms with van der Waals surface area (Å²) in [6.07, 6.45) is 1.55. The zero-order valence-electron chi connectivity index (χ0n) is 14.6. The van der Waals surface area contributed by atoms with E-state index < -0.39 is 0 Å². The van der Waals surface area contributed by atoms with Crippen molar-refractivity contribution in [2.45, 2.75) is 12.8 Å². The Bertz CT molecular complexity index is 883. The van der Waals surface area contributed by atoms with Crippen molar-refractivity contribution in [3.8, 4) is 5.75 Å². The first kappa shape index (κ1) is 18.5. The van der Waals surface area contributed by atoms with Gasteiger partial charge < -0.3 is 14.6 Å². The number of benzene rings is 2. The fraction of sp³-hybridized carbons (Fsp3) is 0.263. The van der Waals surface area contributed by atoms with E-state index in [9.17, 15) is 4.79 Å². The van der Waals surface area contributed by atoms with Gasteiger partial charge in [0.1, 0.15) is 5.82 Å². The summed E-state index contributed by atoms with van der Waals surface area (Å²) in [4.78, 5) is 22.1. The van der Waals surface area contributed by atoms with Crippen LogP contribution in [0.1, 0.15) is 22.6 Å². The molecule has 0 aliphatic rings. The Kier molecular flexibility index (Phi) is 5.69. The summed E-state index contributed by atoms with van der Waals surface area (Å²) in [5, 5.41) is 0.637. The fourth-order valence-corrected chi connectivity index (χ4v) is 3.45. The topological polar surface area (TPSA) is 58.2 Å². The van der Waals surface area contributed by atoms with Gasteiger partial charge in [-0.1, -0.05) is 35.3 Å². The molecule has 1 amide bonds. The van der Waals surface area contributed by atoms with Crippen molar-refractivity contribution < 1.29 is 9.53 Å². The van der Waals surface area contributed by atoms with E-state index in [1.807, 2.05) is 24.3 Å². The molecule has 0 unspecified atom stereocenters. The number of nitrogens with one attached hydrogen (secondary N) is 1. The van der Waals surface area contributed by atoms with Gasteiger partial charge in [-0.05, 0) is 30.7 Å². The second kappa shape index (κ2) is 7.98. The third-order valence-corrected chi connectivity index (χ3v) is 4.70. The lowest BCUT2D eigenvalue weighted by molar-refractivity contribution is 0.0793. The van der Waals surface area contributed by atoms with E-state index in [4.69, 9.17) is 27.9 Å². The number of nitrogens with zero attached hydrogens (tertiary/aromatic N) is 2. The molecule has 0 spiro atoms. The molecule has 26 heavy (non-hydrogen) atoms.